The normalized spacial score (nSPS) is 12.2. The molecule has 2 aromatic carbocycles. The smallest absolute Gasteiger partial charge is 0.355 e. The van der Waals surface area contributed by atoms with Crippen LogP contribution in [-0.4, -0.2) is 16.9 Å². The van der Waals surface area contributed by atoms with Gasteiger partial charge in [-0.15, -0.1) is 0 Å². The molecule has 1 N–H and O–H groups in total. The molecular weight excluding hydrogens is 401 g/mol. The van der Waals surface area contributed by atoms with Crippen molar-refractivity contribution in [1.29, 1.82) is 0 Å². The first-order valence-corrected chi connectivity index (χ1v) is 11.0. The highest BCUT2D eigenvalue weighted by molar-refractivity contribution is 6.43. The zero-order valence-corrected chi connectivity index (χ0v) is 19.7. The third kappa shape index (κ3) is 3.60. The summed E-state index contributed by atoms with van der Waals surface area (Å²) in [5.74, 6) is 0. The number of nitrogens with zero attached hydrogens (tertiary/aromatic N) is 1. The fourth-order valence-corrected chi connectivity index (χ4v) is 4.84. The average Bonchev–Trinajstić information content (AvgIpc) is 3.15. The van der Waals surface area contributed by atoms with Gasteiger partial charge in [-0.25, -0.2) is 0 Å². The molecule has 0 aliphatic carbocycles. The summed E-state index contributed by atoms with van der Waals surface area (Å²) in [5.41, 5.74) is 8.36. The van der Waals surface area contributed by atoms with Crippen LogP contribution in [0, 0.1) is 34.6 Å². The quantitative estimate of drug-likeness (QED) is 0.398. The lowest BCUT2D eigenvalue weighted by Crippen LogP contribution is -2.18. The number of fused-ring (bicyclic) bond motifs is 1. The number of hydrogen-bond donors (Lipinski definition) is 1. The van der Waals surface area contributed by atoms with E-state index < -0.39 is 7.40 Å². The van der Waals surface area contributed by atoms with Crippen molar-refractivity contribution in [2.45, 2.75) is 48.0 Å². The lowest BCUT2D eigenvalue weighted by molar-refractivity contribution is 0.631. The minimum Gasteiger partial charge on any atom is -0.355 e. The van der Waals surface area contributed by atoms with Crippen LogP contribution in [0.1, 0.15) is 46.0 Å². The first kappa shape index (κ1) is 22.1. The van der Waals surface area contributed by atoms with E-state index in [1.165, 1.54) is 4.48 Å². The molecule has 32 heavy (non-hydrogen) atoms. The van der Waals surface area contributed by atoms with Crippen molar-refractivity contribution >= 4 is 30.8 Å². The van der Waals surface area contributed by atoms with Gasteiger partial charge in [0.15, 0.2) is 0 Å². The van der Waals surface area contributed by atoms with Crippen LogP contribution in [0.3, 0.4) is 0 Å². The molecule has 2 nitrogen and oxygen atoms in total. The number of halogens is 2. The molecule has 0 radical (unpaired) electrons. The van der Waals surface area contributed by atoms with Gasteiger partial charge in [-0.2, -0.15) is 0 Å². The molecule has 4 aromatic rings. The third-order valence-electron chi connectivity index (χ3n) is 6.50. The van der Waals surface area contributed by atoms with E-state index in [9.17, 15) is 8.63 Å². The van der Waals surface area contributed by atoms with Gasteiger partial charge in [0.25, 0.3) is 0 Å². The molecule has 164 valence electrons. The van der Waals surface area contributed by atoms with Gasteiger partial charge >= 0.3 is 7.40 Å². The molecule has 0 amide bonds. The van der Waals surface area contributed by atoms with Crippen LogP contribution < -0.4 is 10.7 Å². The van der Waals surface area contributed by atoms with Crippen LogP contribution >= 0.6 is 0 Å². The zero-order valence-electron chi connectivity index (χ0n) is 19.7. The van der Waals surface area contributed by atoms with E-state index in [1.54, 1.807) is 0 Å². The Kier molecular flexibility index (Phi) is 5.62. The second-order valence-electron chi connectivity index (χ2n) is 8.86. The molecule has 0 unspecified atom stereocenters. The van der Waals surface area contributed by atoms with E-state index in [0.29, 0.717) is 11.4 Å². The van der Waals surface area contributed by atoms with Gasteiger partial charge < -0.3 is 9.46 Å². The Morgan fingerprint density at radius 2 is 1.53 bits per heavy atom. The predicted octanol–water partition coefficient (Wildman–Crippen LogP) is 5.75. The highest BCUT2D eigenvalue weighted by Gasteiger charge is 2.28. The van der Waals surface area contributed by atoms with E-state index in [4.69, 9.17) is 0 Å². The first-order chi connectivity index (χ1) is 15.1. The van der Waals surface area contributed by atoms with Crippen LogP contribution in [0.15, 0.2) is 30.3 Å². The molecular formula is C27H29BF2N2. The van der Waals surface area contributed by atoms with Crippen molar-refractivity contribution in [2.24, 2.45) is 0 Å². The minimum absolute atomic E-state index is 0.513. The van der Waals surface area contributed by atoms with Crippen molar-refractivity contribution in [1.82, 2.24) is 9.46 Å². The molecule has 0 saturated heterocycles. The van der Waals surface area contributed by atoms with E-state index in [0.717, 1.165) is 66.8 Å². The summed E-state index contributed by atoms with van der Waals surface area (Å²) in [6.07, 6.45) is 2.70. The molecule has 0 bridgehead atoms. The van der Waals surface area contributed by atoms with Crippen LogP contribution in [0.25, 0.3) is 34.7 Å². The van der Waals surface area contributed by atoms with Gasteiger partial charge in [0.1, 0.15) is 0 Å². The molecule has 0 aliphatic heterocycles. The van der Waals surface area contributed by atoms with Gasteiger partial charge in [-0.3, -0.25) is 8.63 Å². The summed E-state index contributed by atoms with van der Waals surface area (Å²) in [4.78, 5) is 3.31. The number of nitrogens with one attached hydrogen (secondary N) is 1. The van der Waals surface area contributed by atoms with E-state index in [2.05, 4.69) is 24.6 Å². The highest BCUT2D eigenvalue weighted by atomic mass is 19.2. The summed E-state index contributed by atoms with van der Waals surface area (Å²) in [7, 11) is -2.68. The molecule has 0 atom stereocenters. The number of aromatic nitrogens is 2. The average molecular weight is 430 g/mol. The van der Waals surface area contributed by atoms with E-state index >= 15 is 0 Å². The number of H-pyrrole nitrogens is 1. The number of benzene rings is 2. The fraction of sp³-hybridized carbons (Fsp3) is 0.259. The Balaban J connectivity index is 2.19. The molecule has 2 heterocycles. The lowest BCUT2D eigenvalue weighted by Gasteiger charge is -2.11. The molecule has 0 saturated carbocycles. The summed E-state index contributed by atoms with van der Waals surface area (Å²) in [6, 6.07) is 10.1. The second kappa shape index (κ2) is 8.12. The summed E-state index contributed by atoms with van der Waals surface area (Å²) in [6.45, 7) is 16.3. The number of aromatic amines is 1. The minimum atomic E-state index is -2.68. The molecule has 0 spiro atoms. The van der Waals surface area contributed by atoms with Gasteiger partial charge in [-0.05, 0) is 99.2 Å². The summed E-state index contributed by atoms with van der Waals surface area (Å²) >= 11 is 0. The topological polar surface area (TPSA) is 20.7 Å². The first-order valence-electron chi connectivity index (χ1n) is 11.0. The molecule has 5 heteroatoms. The predicted molar refractivity (Wildman–Crippen MR) is 133 cm³/mol. The van der Waals surface area contributed by atoms with Gasteiger partial charge in [0.05, 0.1) is 0 Å². The summed E-state index contributed by atoms with van der Waals surface area (Å²) in [5, 5.41) is 3.36. The van der Waals surface area contributed by atoms with E-state index in [1.807, 2.05) is 65.0 Å². The lowest BCUT2D eigenvalue weighted by atomic mass is 9.98. The van der Waals surface area contributed by atoms with Gasteiger partial charge in [-0.1, -0.05) is 30.7 Å². The van der Waals surface area contributed by atoms with Crippen LogP contribution in [0.4, 0.5) is 8.63 Å². The van der Waals surface area contributed by atoms with Crippen molar-refractivity contribution in [3.63, 3.8) is 0 Å². The van der Waals surface area contributed by atoms with Crippen molar-refractivity contribution in [3.05, 3.63) is 80.1 Å². The molecule has 2 aromatic heterocycles. The Morgan fingerprint density at radius 3 is 2.06 bits per heavy atom. The Morgan fingerprint density at radius 1 is 0.938 bits per heavy atom. The van der Waals surface area contributed by atoms with Crippen molar-refractivity contribution < 1.29 is 8.63 Å². The molecule has 4 rings (SSSR count). The monoisotopic (exact) mass is 430 g/mol. The van der Waals surface area contributed by atoms with Gasteiger partial charge in [0, 0.05) is 32.9 Å². The molecule has 0 aliphatic rings. The zero-order chi connectivity index (χ0) is 23.3. The standard InChI is InChI=1S/C27H29BF2N2/c1-8-22-19(6)25(31-20(22)7)14-26-23-12-17(4)18(5)13-24(23)27(32(26)28(29)30)21-10-15(2)9-16(3)11-21/h9-14,31H,7-8H2,1-6H3/b25-14-. The Hall–Kier alpha value is -3.08. The van der Waals surface area contributed by atoms with Crippen LogP contribution in [-0.2, 0) is 6.42 Å². The number of rotatable bonds is 4. The highest BCUT2D eigenvalue weighted by Crippen LogP contribution is 2.37. The fourth-order valence-electron chi connectivity index (χ4n) is 4.84. The number of aryl methyl sites for hydroxylation is 4. The van der Waals surface area contributed by atoms with Crippen molar-refractivity contribution in [3.8, 4) is 11.3 Å². The maximum absolute atomic E-state index is 14.7. The van der Waals surface area contributed by atoms with Gasteiger partial charge in [0.2, 0.25) is 0 Å². The second-order valence-corrected chi connectivity index (χ2v) is 8.86. The SMILES string of the molecule is C=c1[nH]/c(=C\c2c3cc(C)c(C)cc3c(-c3cc(C)cc(C)c3)n2B(F)F)c(C)c1CC. The Bertz CT molecular complexity index is 1440. The van der Waals surface area contributed by atoms with E-state index in [-0.39, 0.29) is 0 Å². The maximum atomic E-state index is 14.7. The van der Waals surface area contributed by atoms with Crippen LogP contribution in [0.2, 0.25) is 0 Å². The Labute approximate surface area is 188 Å². The molecule has 0 fully saturated rings. The van der Waals surface area contributed by atoms with Crippen molar-refractivity contribution in [2.75, 3.05) is 0 Å². The summed E-state index contributed by atoms with van der Waals surface area (Å²) < 4.78 is 30.6. The largest absolute Gasteiger partial charge is 0.678 e. The van der Waals surface area contributed by atoms with Crippen LogP contribution in [0.5, 0.6) is 0 Å². The third-order valence-corrected chi connectivity index (χ3v) is 6.50. The maximum Gasteiger partial charge on any atom is 0.678 e. The number of hydrogen-bond acceptors (Lipinski definition) is 0.